The molecule has 1 saturated heterocycles. The number of carbonyl (C=O) groups excluding carboxylic acids is 2. The molecule has 1 fully saturated rings. The van der Waals surface area contributed by atoms with Gasteiger partial charge in [-0.25, -0.2) is 9.97 Å². The zero-order valence-corrected chi connectivity index (χ0v) is 22.7. The molecule has 11 heteroatoms. The van der Waals surface area contributed by atoms with E-state index in [1.54, 1.807) is 46.8 Å². The first kappa shape index (κ1) is 25.4. The Kier molecular flexibility index (Phi) is 7.82. The van der Waals surface area contributed by atoms with Crippen molar-refractivity contribution in [1.29, 1.82) is 0 Å². The van der Waals surface area contributed by atoms with Gasteiger partial charge < -0.3 is 10.2 Å². The molecule has 0 unspecified atom stereocenters. The van der Waals surface area contributed by atoms with E-state index < -0.39 is 0 Å². The van der Waals surface area contributed by atoms with Gasteiger partial charge in [0.15, 0.2) is 0 Å². The van der Waals surface area contributed by atoms with Crippen molar-refractivity contribution in [1.82, 2.24) is 24.6 Å². The molecule has 0 spiro atoms. The number of rotatable bonds is 8. The van der Waals surface area contributed by atoms with Crippen LogP contribution >= 0.6 is 34.4 Å². The second kappa shape index (κ2) is 11.4. The van der Waals surface area contributed by atoms with Crippen LogP contribution in [0.2, 0.25) is 0 Å². The number of thiazole rings is 1. The minimum atomic E-state index is -0.253. The molecule has 0 bridgehead atoms. The molecular weight excluding hydrogens is 525 g/mol. The fraction of sp³-hybridized carbons (Fsp3) is 0.269. The van der Waals surface area contributed by atoms with Gasteiger partial charge in [-0.1, -0.05) is 12.1 Å². The van der Waals surface area contributed by atoms with Crippen LogP contribution in [0.25, 0.3) is 10.6 Å². The minimum absolute atomic E-state index is 0.00964. The summed E-state index contributed by atoms with van der Waals surface area (Å²) in [5.74, 6) is 1.31. The lowest BCUT2D eigenvalue weighted by atomic mass is 9.97. The van der Waals surface area contributed by atoms with E-state index in [1.165, 1.54) is 23.1 Å². The first-order chi connectivity index (χ1) is 18.0. The molecule has 0 aromatic carbocycles. The zero-order chi connectivity index (χ0) is 25.8. The van der Waals surface area contributed by atoms with Crippen LogP contribution in [0, 0.1) is 0 Å². The van der Waals surface area contributed by atoms with E-state index in [0.29, 0.717) is 35.9 Å². The number of carbonyl (C=O) groups is 2. The summed E-state index contributed by atoms with van der Waals surface area (Å²) in [6.07, 6.45) is 5.13. The van der Waals surface area contributed by atoms with Crippen molar-refractivity contribution in [2.75, 3.05) is 24.2 Å². The Labute approximate surface area is 227 Å². The monoisotopic (exact) mass is 550 g/mol. The lowest BCUT2D eigenvalue weighted by Crippen LogP contribution is -2.38. The third kappa shape index (κ3) is 5.68. The minimum Gasteiger partial charge on any atom is -0.339 e. The lowest BCUT2D eigenvalue weighted by molar-refractivity contribution is 0.0708. The number of thiophene rings is 1. The van der Waals surface area contributed by atoms with Crippen LogP contribution in [-0.4, -0.2) is 55.3 Å². The third-order valence-electron chi connectivity index (χ3n) is 6.12. The average Bonchev–Trinajstić information content (AvgIpc) is 3.69. The SMILES string of the molecule is C=CCSc1ncccc1C(=O)N1CCC(c2nc(C(=O)Nc3cc(-c4cccs4)nn3C)cs2)CC1. The summed E-state index contributed by atoms with van der Waals surface area (Å²) >= 11 is 4.62. The Hall–Kier alpha value is -3.28. The van der Waals surface area contributed by atoms with Gasteiger partial charge >= 0.3 is 0 Å². The number of anilines is 1. The van der Waals surface area contributed by atoms with Crippen molar-refractivity contribution in [3.05, 3.63) is 76.2 Å². The maximum Gasteiger partial charge on any atom is 0.276 e. The van der Waals surface area contributed by atoms with Crippen LogP contribution in [0.5, 0.6) is 0 Å². The van der Waals surface area contributed by atoms with E-state index in [9.17, 15) is 9.59 Å². The van der Waals surface area contributed by atoms with E-state index in [2.05, 4.69) is 27.0 Å². The van der Waals surface area contributed by atoms with Crippen molar-refractivity contribution in [2.45, 2.75) is 23.8 Å². The van der Waals surface area contributed by atoms with Crippen LogP contribution in [0.15, 0.2) is 65.0 Å². The second-order valence-corrected chi connectivity index (χ2v) is 11.4. The summed E-state index contributed by atoms with van der Waals surface area (Å²) in [7, 11) is 1.81. The van der Waals surface area contributed by atoms with Gasteiger partial charge in [-0.3, -0.25) is 14.3 Å². The molecule has 0 radical (unpaired) electrons. The Morgan fingerprint density at radius 3 is 2.84 bits per heavy atom. The molecule has 1 aliphatic heterocycles. The predicted molar refractivity (Wildman–Crippen MR) is 150 cm³/mol. The third-order valence-corrected chi connectivity index (χ3v) is 9.02. The van der Waals surface area contributed by atoms with Gasteiger partial charge in [0, 0.05) is 49.5 Å². The largest absolute Gasteiger partial charge is 0.339 e. The van der Waals surface area contributed by atoms with E-state index >= 15 is 0 Å². The molecule has 2 amide bonds. The number of piperidine rings is 1. The van der Waals surface area contributed by atoms with E-state index in [0.717, 1.165) is 33.4 Å². The molecule has 190 valence electrons. The topological polar surface area (TPSA) is 93.0 Å². The van der Waals surface area contributed by atoms with Gasteiger partial charge in [0.2, 0.25) is 0 Å². The molecule has 0 atom stereocenters. The van der Waals surface area contributed by atoms with Crippen LogP contribution in [-0.2, 0) is 7.05 Å². The summed E-state index contributed by atoms with van der Waals surface area (Å²) in [4.78, 5) is 38.0. The van der Waals surface area contributed by atoms with Gasteiger partial charge in [-0.05, 0) is 36.4 Å². The van der Waals surface area contributed by atoms with Gasteiger partial charge in [0.05, 0.1) is 15.4 Å². The molecule has 8 nitrogen and oxygen atoms in total. The van der Waals surface area contributed by atoms with Crippen LogP contribution in [0.4, 0.5) is 5.82 Å². The number of amides is 2. The highest BCUT2D eigenvalue weighted by Crippen LogP contribution is 2.32. The maximum absolute atomic E-state index is 13.2. The fourth-order valence-corrected chi connectivity index (χ4v) is 6.57. The smallest absolute Gasteiger partial charge is 0.276 e. The van der Waals surface area contributed by atoms with Gasteiger partial charge in [0.25, 0.3) is 11.8 Å². The van der Waals surface area contributed by atoms with Crippen molar-refractivity contribution < 1.29 is 9.59 Å². The zero-order valence-electron chi connectivity index (χ0n) is 20.3. The molecule has 37 heavy (non-hydrogen) atoms. The number of nitrogens with one attached hydrogen (secondary N) is 1. The first-order valence-corrected chi connectivity index (χ1v) is 14.6. The molecule has 1 N–H and O–H groups in total. The Morgan fingerprint density at radius 1 is 1.24 bits per heavy atom. The molecule has 5 rings (SSSR count). The van der Waals surface area contributed by atoms with Crippen LogP contribution in [0.3, 0.4) is 0 Å². The van der Waals surface area contributed by atoms with E-state index in [-0.39, 0.29) is 17.7 Å². The molecule has 4 aromatic rings. The number of thioether (sulfide) groups is 1. The number of hydrogen-bond acceptors (Lipinski definition) is 8. The number of likely N-dealkylation sites (tertiary alicyclic amines) is 1. The molecule has 5 heterocycles. The van der Waals surface area contributed by atoms with E-state index in [4.69, 9.17) is 0 Å². The average molecular weight is 551 g/mol. The molecule has 4 aromatic heterocycles. The van der Waals surface area contributed by atoms with Crippen molar-refractivity contribution in [2.24, 2.45) is 7.05 Å². The second-order valence-electron chi connectivity index (χ2n) is 8.56. The molecule has 0 aliphatic carbocycles. The van der Waals surface area contributed by atoms with Crippen LogP contribution < -0.4 is 5.32 Å². The summed E-state index contributed by atoms with van der Waals surface area (Å²) in [6, 6.07) is 9.48. The summed E-state index contributed by atoms with van der Waals surface area (Å²) in [6.45, 7) is 5.04. The molecule has 0 saturated carbocycles. The maximum atomic E-state index is 13.2. The summed E-state index contributed by atoms with van der Waals surface area (Å²) in [5.41, 5.74) is 1.86. The summed E-state index contributed by atoms with van der Waals surface area (Å²) < 4.78 is 1.66. The molecule has 1 aliphatic rings. The van der Waals surface area contributed by atoms with Crippen molar-refractivity contribution in [3.8, 4) is 10.6 Å². The van der Waals surface area contributed by atoms with Gasteiger partial charge in [-0.15, -0.1) is 41.0 Å². The Balaban J connectivity index is 1.19. The Bertz CT molecular complexity index is 1400. The van der Waals surface area contributed by atoms with E-state index in [1.807, 2.05) is 34.5 Å². The first-order valence-electron chi connectivity index (χ1n) is 11.9. The lowest BCUT2D eigenvalue weighted by Gasteiger charge is -2.31. The number of pyridine rings is 1. The Morgan fingerprint density at radius 2 is 2.08 bits per heavy atom. The van der Waals surface area contributed by atoms with Crippen molar-refractivity contribution >= 4 is 52.1 Å². The number of aromatic nitrogens is 4. The highest BCUT2D eigenvalue weighted by molar-refractivity contribution is 7.99. The fourth-order valence-electron chi connectivity index (χ4n) is 4.20. The highest BCUT2D eigenvalue weighted by Gasteiger charge is 2.28. The normalized spacial score (nSPS) is 14.0. The van der Waals surface area contributed by atoms with Gasteiger partial charge in [0.1, 0.15) is 22.2 Å². The summed E-state index contributed by atoms with van der Waals surface area (Å²) in [5, 5.41) is 12.9. The number of hydrogen-bond donors (Lipinski definition) is 1. The number of aryl methyl sites for hydroxylation is 1. The predicted octanol–water partition coefficient (Wildman–Crippen LogP) is 5.55. The van der Waals surface area contributed by atoms with Gasteiger partial charge in [-0.2, -0.15) is 5.10 Å². The number of nitrogens with zero attached hydrogens (tertiary/aromatic N) is 5. The molecular formula is C26H26N6O2S3. The highest BCUT2D eigenvalue weighted by atomic mass is 32.2. The van der Waals surface area contributed by atoms with Crippen molar-refractivity contribution in [3.63, 3.8) is 0 Å². The van der Waals surface area contributed by atoms with Crippen LogP contribution in [0.1, 0.15) is 44.6 Å². The quantitative estimate of drug-likeness (QED) is 0.228. The standard InChI is InChI=1S/C26H26N6O2S3/c1-3-13-36-25-18(6-4-10-27-25)26(34)32-11-8-17(9-12-32)24-28-20(16-37-24)23(33)29-22-15-19(30-31(22)2)21-7-5-14-35-21/h3-7,10,14-17H,1,8-9,11-13H2,2H3,(H,29,33).